The minimum Gasteiger partial charge on any atom is -0.409 e. The highest BCUT2D eigenvalue weighted by molar-refractivity contribution is 5.97. The van der Waals surface area contributed by atoms with E-state index >= 15 is 0 Å². The monoisotopic (exact) mass is 249 g/mol. The van der Waals surface area contributed by atoms with Crippen LogP contribution in [0, 0.1) is 0 Å². The van der Waals surface area contributed by atoms with Crippen molar-refractivity contribution in [3.05, 3.63) is 35.4 Å². The molecule has 1 aliphatic heterocycles. The van der Waals surface area contributed by atoms with Gasteiger partial charge in [0, 0.05) is 25.3 Å². The second kappa shape index (κ2) is 6.37. The molecular formula is C13H19N3O2. The van der Waals surface area contributed by atoms with Crippen LogP contribution in [0.5, 0.6) is 0 Å². The fraction of sp³-hybridized carbons (Fsp3) is 0.462. The van der Waals surface area contributed by atoms with Gasteiger partial charge in [-0.2, -0.15) is 0 Å². The van der Waals surface area contributed by atoms with Gasteiger partial charge in [-0.25, -0.2) is 0 Å². The summed E-state index contributed by atoms with van der Waals surface area (Å²) in [7, 11) is 0. The minimum atomic E-state index is 0.135. The SMILES string of the molecule is NC(=NO)c1cccc(CNCC2CCCO2)c1. The van der Waals surface area contributed by atoms with Crippen LogP contribution in [0.3, 0.4) is 0 Å². The summed E-state index contributed by atoms with van der Waals surface area (Å²) in [5.41, 5.74) is 7.39. The Labute approximate surface area is 107 Å². The van der Waals surface area contributed by atoms with E-state index < -0.39 is 0 Å². The van der Waals surface area contributed by atoms with Gasteiger partial charge in [-0.3, -0.25) is 0 Å². The Morgan fingerprint density at radius 2 is 2.44 bits per heavy atom. The van der Waals surface area contributed by atoms with E-state index in [1.165, 1.54) is 0 Å². The molecule has 1 heterocycles. The highest BCUT2D eigenvalue weighted by Gasteiger charge is 2.14. The molecule has 0 aliphatic carbocycles. The quantitative estimate of drug-likeness (QED) is 0.315. The number of nitrogens with two attached hydrogens (primary N) is 1. The molecule has 1 saturated heterocycles. The Morgan fingerprint density at radius 1 is 1.56 bits per heavy atom. The lowest BCUT2D eigenvalue weighted by Crippen LogP contribution is -2.26. The lowest BCUT2D eigenvalue weighted by atomic mass is 10.1. The molecule has 0 spiro atoms. The third-order valence-electron chi connectivity index (χ3n) is 3.06. The number of hydrogen-bond acceptors (Lipinski definition) is 4. The van der Waals surface area contributed by atoms with E-state index in [1.54, 1.807) is 0 Å². The Balaban J connectivity index is 1.85. The second-order valence-corrected chi connectivity index (χ2v) is 4.45. The van der Waals surface area contributed by atoms with Gasteiger partial charge in [0.25, 0.3) is 0 Å². The van der Waals surface area contributed by atoms with Crippen molar-refractivity contribution >= 4 is 5.84 Å². The van der Waals surface area contributed by atoms with Crippen LogP contribution in [0.2, 0.25) is 0 Å². The molecule has 1 atom stereocenters. The van der Waals surface area contributed by atoms with Crippen molar-refractivity contribution in [1.82, 2.24) is 5.32 Å². The summed E-state index contributed by atoms with van der Waals surface area (Å²) in [6.07, 6.45) is 2.64. The number of oxime groups is 1. The zero-order chi connectivity index (χ0) is 12.8. The van der Waals surface area contributed by atoms with Crippen LogP contribution in [0.4, 0.5) is 0 Å². The molecule has 1 aliphatic rings. The molecule has 0 saturated carbocycles. The number of rotatable bonds is 5. The van der Waals surface area contributed by atoms with Gasteiger partial charge >= 0.3 is 0 Å². The van der Waals surface area contributed by atoms with Crippen molar-refractivity contribution < 1.29 is 9.94 Å². The number of nitrogens with zero attached hydrogens (tertiary/aromatic N) is 1. The smallest absolute Gasteiger partial charge is 0.170 e. The molecule has 18 heavy (non-hydrogen) atoms. The van der Waals surface area contributed by atoms with Gasteiger partial charge in [0.05, 0.1) is 6.10 Å². The number of ether oxygens (including phenoxy) is 1. The third-order valence-corrected chi connectivity index (χ3v) is 3.06. The van der Waals surface area contributed by atoms with Gasteiger partial charge in [0.15, 0.2) is 5.84 Å². The van der Waals surface area contributed by atoms with E-state index in [4.69, 9.17) is 15.7 Å². The Kier molecular flexibility index (Phi) is 4.55. The molecule has 2 rings (SSSR count). The second-order valence-electron chi connectivity index (χ2n) is 4.45. The largest absolute Gasteiger partial charge is 0.409 e. The molecule has 0 amide bonds. The van der Waals surface area contributed by atoms with Crippen LogP contribution >= 0.6 is 0 Å². The number of amidine groups is 1. The first-order valence-electron chi connectivity index (χ1n) is 6.19. The van der Waals surface area contributed by atoms with Crippen LogP contribution in [0.15, 0.2) is 29.4 Å². The predicted molar refractivity (Wildman–Crippen MR) is 69.6 cm³/mol. The molecule has 1 aromatic carbocycles. The third kappa shape index (κ3) is 3.45. The molecular weight excluding hydrogens is 230 g/mol. The van der Waals surface area contributed by atoms with Gasteiger partial charge in [-0.15, -0.1) is 0 Å². The highest BCUT2D eigenvalue weighted by Crippen LogP contribution is 2.11. The molecule has 0 radical (unpaired) electrons. The zero-order valence-corrected chi connectivity index (χ0v) is 10.3. The molecule has 1 fully saturated rings. The van der Waals surface area contributed by atoms with E-state index in [0.29, 0.717) is 6.10 Å². The normalized spacial score (nSPS) is 20.2. The molecule has 4 N–H and O–H groups in total. The molecule has 0 bridgehead atoms. The molecule has 1 aromatic rings. The summed E-state index contributed by atoms with van der Waals surface area (Å²) in [4.78, 5) is 0. The van der Waals surface area contributed by atoms with Crippen molar-refractivity contribution in [3.8, 4) is 0 Å². The predicted octanol–water partition coefficient (Wildman–Crippen LogP) is 1.05. The fourth-order valence-corrected chi connectivity index (χ4v) is 2.08. The summed E-state index contributed by atoms with van der Waals surface area (Å²) in [5, 5.41) is 15.0. The average Bonchev–Trinajstić information content (AvgIpc) is 2.91. The summed E-state index contributed by atoms with van der Waals surface area (Å²) in [5.74, 6) is 0.135. The zero-order valence-electron chi connectivity index (χ0n) is 10.3. The maximum absolute atomic E-state index is 8.63. The minimum absolute atomic E-state index is 0.135. The summed E-state index contributed by atoms with van der Waals surface area (Å²) < 4.78 is 5.54. The number of hydrogen-bond donors (Lipinski definition) is 3. The Bertz CT molecular complexity index is 414. The molecule has 0 aromatic heterocycles. The van der Waals surface area contributed by atoms with Crippen molar-refractivity contribution in [2.45, 2.75) is 25.5 Å². The Hall–Kier alpha value is -1.59. The number of benzene rings is 1. The van der Waals surface area contributed by atoms with E-state index in [2.05, 4.69) is 10.5 Å². The van der Waals surface area contributed by atoms with E-state index in [-0.39, 0.29) is 5.84 Å². The van der Waals surface area contributed by atoms with Crippen LogP contribution in [0.25, 0.3) is 0 Å². The van der Waals surface area contributed by atoms with Crippen molar-refractivity contribution in [2.24, 2.45) is 10.9 Å². The van der Waals surface area contributed by atoms with Crippen LogP contribution in [0.1, 0.15) is 24.0 Å². The summed E-state index contributed by atoms with van der Waals surface area (Å²) in [6, 6.07) is 7.64. The summed E-state index contributed by atoms with van der Waals surface area (Å²) in [6.45, 7) is 2.51. The lowest BCUT2D eigenvalue weighted by molar-refractivity contribution is 0.110. The first kappa shape index (κ1) is 12.9. The topological polar surface area (TPSA) is 79.9 Å². The van der Waals surface area contributed by atoms with E-state index in [1.807, 2.05) is 24.3 Å². The first-order valence-corrected chi connectivity index (χ1v) is 6.19. The van der Waals surface area contributed by atoms with Crippen molar-refractivity contribution in [1.29, 1.82) is 0 Å². The van der Waals surface area contributed by atoms with Crippen molar-refractivity contribution in [2.75, 3.05) is 13.2 Å². The van der Waals surface area contributed by atoms with Gasteiger partial charge in [-0.05, 0) is 24.5 Å². The molecule has 5 heteroatoms. The molecule has 5 nitrogen and oxygen atoms in total. The molecule has 1 unspecified atom stereocenters. The highest BCUT2D eigenvalue weighted by atomic mass is 16.5. The van der Waals surface area contributed by atoms with E-state index in [9.17, 15) is 0 Å². The fourth-order valence-electron chi connectivity index (χ4n) is 2.08. The van der Waals surface area contributed by atoms with Crippen LogP contribution < -0.4 is 11.1 Å². The van der Waals surface area contributed by atoms with Gasteiger partial charge in [-0.1, -0.05) is 23.4 Å². The standard InChI is InChI=1S/C13H19N3O2/c14-13(16-17)11-4-1-3-10(7-11)8-15-9-12-5-2-6-18-12/h1,3-4,7,12,15,17H,2,5-6,8-9H2,(H2,14,16). The van der Waals surface area contributed by atoms with Crippen molar-refractivity contribution in [3.63, 3.8) is 0 Å². The summed E-state index contributed by atoms with van der Waals surface area (Å²) >= 11 is 0. The van der Waals surface area contributed by atoms with E-state index in [0.717, 1.165) is 43.7 Å². The first-order chi connectivity index (χ1) is 8.79. The van der Waals surface area contributed by atoms with Crippen LogP contribution in [-0.2, 0) is 11.3 Å². The molecule has 98 valence electrons. The van der Waals surface area contributed by atoms with Gasteiger partial charge in [0.1, 0.15) is 0 Å². The van der Waals surface area contributed by atoms with Gasteiger partial charge in [0.2, 0.25) is 0 Å². The average molecular weight is 249 g/mol. The maximum atomic E-state index is 8.63. The number of nitrogens with one attached hydrogen (secondary N) is 1. The Morgan fingerprint density at radius 3 is 3.17 bits per heavy atom. The maximum Gasteiger partial charge on any atom is 0.170 e. The van der Waals surface area contributed by atoms with Gasteiger partial charge < -0.3 is 21.0 Å². The van der Waals surface area contributed by atoms with Crippen LogP contribution in [-0.4, -0.2) is 30.3 Å². The lowest BCUT2D eigenvalue weighted by Gasteiger charge is -2.11.